The summed E-state index contributed by atoms with van der Waals surface area (Å²) in [5.41, 5.74) is 1.46. The Hall–Kier alpha value is -2.24. The van der Waals surface area contributed by atoms with Crippen molar-refractivity contribution in [2.24, 2.45) is 0 Å². The van der Waals surface area contributed by atoms with E-state index in [-0.39, 0.29) is 23.4 Å². The molecule has 136 valence electrons. The van der Waals surface area contributed by atoms with Crippen molar-refractivity contribution in [3.63, 3.8) is 0 Å². The zero-order valence-corrected chi connectivity index (χ0v) is 15.6. The number of hydrogen-bond donors (Lipinski definition) is 1. The van der Waals surface area contributed by atoms with Gasteiger partial charge in [0.25, 0.3) is 5.91 Å². The van der Waals surface area contributed by atoms with Crippen molar-refractivity contribution < 1.29 is 9.59 Å². The van der Waals surface area contributed by atoms with Crippen LogP contribution in [0.15, 0.2) is 48.5 Å². The minimum atomic E-state index is -0.386. The second-order valence-corrected chi connectivity index (χ2v) is 6.85. The van der Waals surface area contributed by atoms with E-state index in [4.69, 9.17) is 23.2 Å². The van der Waals surface area contributed by atoms with Gasteiger partial charge in [0.15, 0.2) is 0 Å². The minimum Gasteiger partial charge on any atom is -0.368 e. The molecule has 1 saturated heterocycles. The van der Waals surface area contributed by atoms with Crippen LogP contribution in [0.1, 0.15) is 10.4 Å². The zero-order chi connectivity index (χ0) is 18.5. The summed E-state index contributed by atoms with van der Waals surface area (Å²) in [6.07, 6.45) is 0. The fourth-order valence-corrected chi connectivity index (χ4v) is 3.38. The van der Waals surface area contributed by atoms with Crippen LogP contribution < -0.4 is 10.2 Å². The average molecular weight is 392 g/mol. The van der Waals surface area contributed by atoms with E-state index in [0.29, 0.717) is 23.7 Å². The van der Waals surface area contributed by atoms with E-state index in [2.05, 4.69) is 22.3 Å². The summed E-state index contributed by atoms with van der Waals surface area (Å²) in [6, 6.07) is 14.8. The number of amides is 2. The van der Waals surface area contributed by atoms with Gasteiger partial charge in [-0.05, 0) is 30.3 Å². The molecule has 0 aliphatic carbocycles. The lowest BCUT2D eigenvalue weighted by Gasteiger charge is -2.36. The average Bonchev–Trinajstić information content (AvgIpc) is 2.66. The minimum absolute atomic E-state index is 0.0525. The van der Waals surface area contributed by atoms with Crippen LogP contribution in [0.2, 0.25) is 10.0 Å². The van der Waals surface area contributed by atoms with Crippen molar-refractivity contribution in [3.8, 4) is 0 Å². The number of nitrogens with one attached hydrogen (secondary N) is 1. The second kappa shape index (κ2) is 8.43. The van der Waals surface area contributed by atoms with Gasteiger partial charge in [-0.2, -0.15) is 0 Å². The van der Waals surface area contributed by atoms with Gasteiger partial charge in [-0.15, -0.1) is 0 Å². The third-order valence-corrected chi connectivity index (χ3v) is 4.88. The molecule has 2 aromatic rings. The van der Waals surface area contributed by atoms with Crippen molar-refractivity contribution in [2.75, 3.05) is 37.6 Å². The van der Waals surface area contributed by atoms with Crippen LogP contribution in [0.25, 0.3) is 0 Å². The zero-order valence-electron chi connectivity index (χ0n) is 14.1. The molecule has 0 atom stereocenters. The van der Waals surface area contributed by atoms with Crippen molar-refractivity contribution in [1.82, 2.24) is 10.2 Å². The predicted octanol–water partition coefficient (Wildman–Crippen LogP) is 3.07. The monoisotopic (exact) mass is 391 g/mol. The topological polar surface area (TPSA) is 52.7 Å². The summed E-state index contributed by atoms with van der Waals surface area (Å²) in [5, 5.41) is 3.35. The number of para-hydroxylation sites is 1. The highest BCUT2D eigenvalue weighted by Crippen LogP contribution is 2.21. The van der Waals surface area contributed by atoms with E-state index in [9.17, 15) is 9.59 Å². The standard InChI is InChI=1S/C19H19Cl2N3O2/c20-14-6-7-16(17(21)12-14)19(26)22-13-18(25)24-10-8-23(9-11-24)15-4-2-1-3-5-15/h1-7,12H,8-11,13H2,(H,22,26). The number of piperazine rings is 1. The Balaban J connectivity index is 1.49. The summed E-state index contributed by atoms with van der Waals surface area (Å²) in [7, 11) is 0. The normalized spacial score (nSPS) is 14.2. The molecular formula is C19H19Cl2N3O2. The van der Waals surface area contributed by atoms with Crippen molar-refractivity contribution in [1.29, 1.82) is 0 Å². The molecule has 0 radical (unpaired) electrons. The van der Waals surface area contributed by atoms with Crippen LogP contribution in [0.4, 0.5) is 5.69 Å². The summed E-state index contributed by atoms with van der Waals surface area (Å²) in [4.78, 5) is 28.6. The highest BCUT2D eigenvalue weighted by atomic mass is 35.5. The molecule has 26 heavy (non-hydrogen) atoms. The van der Waals surface area contributed by atoms with Crippen molar-refractivity contribution >= 4 is 40.7 Å². The molecular weight excluding hydrogens is 373 g/mol. The third kappa shape index (κ3) is 4.48. The lowest BCUT2D eigenvalue weighted by molar-refractivity contribution is -0.130. The molecule has 1 N–H and O–H groups in total. The molecule has 1 heterocycles. The van der Waals surface area contributed by atoms with Gasteiger partial charge in [-0.25, -0.2) is 0 Å². The number of carbonyl (C=O) groups excluding carboxylic acids is 2. The van der Waals surface area contributed by atoms with Gasteiger partial charge in [0.2, 0.25) is 5.91 Å². The fraction of sp³-hybridized carbons (Fsp3) is 0.263. The van der Waals surface area contributed by atoms with Gasteiger partial charge >= 0.3 is 0 Å². The first-order valence-corrected chi connectivity index (χ1v) is 9.11. The molecule has 0 aromatic heterocycles. The Kier molecular flexibility index (Phi) is 6.01. The fourth-order valence-electron chi connectivity index (χ4n) is 2.89. The number of carbonyl (C=O) groups is 2. The predicted molar refractivity (Wildman–Crippen MR) is 104 cm³/mol. The van der Waals surface area contributed by atoms with E-state index in [1.165, 1.54) is 6.07 Å². The number of halogens is 2. The van der Waals surface area contributed by atoms with Gasteiger partial charge in [-0.3, -0.25) is 9.59 Å². The number of rotatable bonds is 4. The van der Waals surface area contributed by atoms with Crippen LogP contribution in [0, 0.1) is 0 Å². The molecule has 2 aromatic carbocycles. The lowest BCUT2D eigenvalue weighted by Crippen LogP contribution is -2.51. The highest BCUT2D eigenvalue weighted by molar-refractivity contribution is 6.36. The molecule has 0 spiro atoms. The molecule has 1 aliphatic heterocycles. The van der Waals surface area contributed by atoms with Crippen molar-refractivity contribution in [2.45, 2.75) is 0 Å². The third-order valence-electron chi connectivity index (χ3n) is 4.33. The van der Waals surface area contributed by atoms with E-state index in [1.54, 1.807) is 17.0 Å². The number of nitrogens with zero attached hydrogens (tertiary/aromatic N) is 2. The molecule has 2 amide bonds. The second-order valence-electron chi connectivity index (χ2n) is 6.01. The number of hydrogen-bond acceptors (Lipinski definition) is 3. The Morgan fingerprint density at radius 2 is 1.65 bits per heavy atom. The van der Waals surface area contributed by atoms with Crippen molar-refractivity contribution in [3.05, 3.63) is 64.1 Å². The van der Waals surface area contributed by atoms with Gasteiger partial charge in [0.05, 0.1) is 17.1 Å². The number of benzene rings is 2. The molecule has 0 saturated carbocycles. The largest absolute Gasteiger partial charge is 0.368 e. The van der Waals surface area contributed by atoms with Gasteiger partial charge < -0.3 is 15.1 Å². The number of anilines is 1. The van der Waals surface area contributed by atoms with Gasteiger partial charge in [-0.1, -0.05) is 41.4 Å². The first-order chi connectivity index (χ1) is 12.5. The maximum absolute atomic E-state index is 12.4. The maximum Gasteiger partial charge on any atom is 0.253 e. The molecule has 3 rings (SSSR count). The first-order valence-electron chi connectivity index (χ1n) is 8.35. The molecule has 5 nitrogen and oxygen atoms in total. The van der Waals surface area contributed by atoms with Crippen LogP contribution >= 0.6 is 23.2 Å². The summed E-state index contributed by atoms with van der Waals surface area (Å²) < 4.78 is 0. The Bertz CT molecular complexity index is 791. The van der Waals surface area contributed by atoms with Gasteiger partial charge in [0.1, 0.15) is 0 Å². The Morgan fingerprint density at radius 3 is 2.31 bits per heavy atom. The van der Waals surface area contributed by atoms with E-state index in [1.807, 2.05) is 18.2 Å². The molecule has 1 aliphatic rings. The Labute approximate surface area is 162 Å². The van der Waals surface area contributed by atoms with E-state index in [0.717, 1.165) is 18.8 Å². The summed E-state index contributed by atoms with van der Waals surface area (Å²) in [6.45, 7) is 2.75. The van der Waals surface area contributed by atoms with Crippen LogP contribution in [0.3, 0.4) is 0 Å². The SMILES string of the molecule is O=C(NCC(=O)N1CCN(c2ccccc2)CC1)c1ccc(Cl)cc1Cl. The molecule has 1 fully saturated rings. The lowest BCUT2D eigenvalue weighted by atomic mass is 10.2. The van der Waals surface area contributed by atoms with Gasteiger partial charge in [0, 0.05) is 36.9 Å². The highest BCUT2D eigenvalue weighted by Gasteiger charge is 2.22. The smallest absolute Gasteiger partial charge is 0.253 e. The maximum atomic E-state index is 12.4. The Morgan fingerprint density at radius 1 is 0.962 bits per heavy atom. The molecule has 0 bridgehead atoms. The first kappa shape index (κ1) is 18.5. The van der Waals surface area contributed by atoms with E-state index < -0.39 is 0 Å². The van der Waals surface area contributed by atoms with Crippen LogP contribution in [-0.2, 0) is 4.79 Å². The van der Waals surface area contributed by atoms with E-state index >= 15 is 0 Å². The molecule has 0 unspecified atom stereocenters. The quantitative estimate of drug-likeness (QED) is 0.870. The summed E-state index contributed by atoms with van der Waals surface area (Å²) in [5.74, 6) is -0.487. The van der Waals surface area contributed by atoms with Crippen LogP contribution in [0.5, 0.6) is 0 Å². The summed E-state index contributed by atoms with van der Waals surface area (Å²) >= 11 is 11.8. The van der Waals surface area contributed by atoms with Crippen LogP contribution in [-0.4, -0.2) is 49.4 Å². The molecule has 7 heteroatoms.